The van der Waals surface area contributed by atoms with Crippen LogP contribution in [-0.2, 0) is 9.59 Å². The van der Waals surface area contributed by atoms with Gasteiger partial charge in [-0.3, -0.25) is 14.9 Å². The summed E-state index contributed by atoms with van der Waals surface area (Å²) in [6.07, 6.45) is 2.14. The standard InChI is InChI=1S/C15H20BrN3O2/c1-11(15(21)19-8-4-5-9-19)17-10-14(20)18-13-7-3-2-6-12(13)16/h2-3,6-7,11,17H,4-5,8-10H2,1H3,(H,18,20). The van der Waals surface area contributed by atoms with Crippen molar-refractivity contribution in [1.29, 1.82) is 0 Å². The molecule has 2 amide bonds. The highest BCUT2D eigenvalue weighted by molar-refractivity contribution is 9.10. The molecule has 0 aromatic heterocycles. The molecule has 1 aliphatic heterocycles. The Labute approximate surface area is 133 Å². The van der Waals surface area contributed by atoms with Crippen LogP contribution < -0.4 is 10.6 Å². The van der Waals surface area contributed by atoms with E-state index in [9.17, 15) is 9.59 Å². The Balaban J connectivity index is 1.78. The predicted octanol–water partition coefficient (Wildman–Crippen LogP) is 1.99. The topological polar surface area (TPSA) is 61.4 Å². The molecule has 0 spiro atoms. The quantitative estimate of drug-likeness (QED) is 0.850. The van der Waals surface area contributed by atoms with Gasteiger partial charge in [-0.2, -0.15) is 0 Å². The summed E-state index contributed by atoms with van der Waals surface area (Å²) in [5, 5.41) is 5.78. The average molecular weight is 354 g/mol. The van der Waals surface area contributed by atoms with Gasteiger partial charge in [0.05, 0.1) is 18.3 Å². The van der Waals surface area contributed by atoms with Crippen LogP contribution in [0.15, 0.2) is 28.7 Å². The Morgan fingerprint density at radius 2 is 1.95 bits per heavy atom. The Bertz CT molecular complexity index is 515. The lowest BCUT2D eigenvalue weighted by atomic mass is 10.3. The highest BCUT2D eigenvalue weighted by atomic mass is 79.9. The van der Waals surface area contributed by atoms with Gasteiger partial charge in [-0.05, 0) is 47.8 Å². The smallest absolute Gasteiger partial charge is 0.239 e. The largest absolute Gasteiger partial charge is 0.341 e. The Morgan fingerprint density at radius 3 is 2.62 bits per heavy atom. The van der Waals surface area contributed by atoms with Crippen molar-refractivity contribution in [3.63, 3.8) is 0 Å². The van der Waals surface area contributed by atoms with Crippen LogP contribution in [-0.4, -0.2) is 42.4 Å². The molecule has 2 rings (SSSR count). The van der Waals surface area contributed by atoms with E-state index in [1.54, 1.807) is 6.92 Å². The number of para-hydroxylation sites is 1. The molecule has 1 aliphatic rings. The molecule has 1 unspecified atom stereocenters. The molecular formula is C15H20BrN3O2. The van der Waals surface area contributed by atoms with Crippen molar-refractivity contribution in [2.45, 2.75) is 25.8 Å². The van der Waals surface area contributed by atoms with E-state index >= 15 is 0 Å². The summed E-state index contributed by atoms with van der Waals surface area (Å²) in [5.74, 6) is -0.0934. The lowest BCUT2D eigenvalue weighted by molar-refractivity contribution is -0.132. The second kappa shape index (κ2) is 7.56. The summed E-state index contributed by atoms with van der Waals surface area (Å²) in [6.45, 7) is 3.57. The number of anilines is 1. The van der Waals surface area contributed by atoms with E-state index in [1.807, 2.05) is 29.2 Å². The second-order valence-electron chi connectivity index (χ2n) is 5.16. The van der Waals surface area contributed by atoms with E-state index in [4.69, 9.17) is 0 Å². The maximum absolute atomic E-state index is 12.1. The molecule has 1 aromatic carbocycles. The fourth-order valence-corrected chi connectivity index (χ4v) is 2.69. The Kier molecular flexibility index (Phi) is 5.76. The van der Waals surface area contributed by atoms with E-state index in [0.29, 0.717) is 0 Å². The SMILES string of the molecule is CC(NCC(=O)Nc1ccccc1Br)C(=O)N1CCCC1. The van der Waals surface area contributed by atoms with Crippen molar-refractivity contribution >= 4 is 33.4 Å². The number of likely N-dealkylation sites (tertiary alicyclic amines) is 1. The third-order valence-corrected chi connectivity index (χ3v) is 4.20. The van der Waals surface area contributed by atoms with Crippen LogP contribution in [0.25, 0.3) is 0 Å². The van der Waals surface area contributed by atoms with Gasteiger partial charge in [0.25, 0.3) is 0 Å². The zero-order valence-electron chi connectivity index (χ0n) is 12.1. The lowest BCUT2D eigenvalue weighted by Crippen LogP contribution is -2.46. The van der Waals surface area contributed by atoms with Gasteiger partial charge < -0.3 is 10.2 Å². The summed E-state index contributed by atoms with van der Waals surface area (Å²) in [4.78, 5) is 25.8. The number of rotatable bonds is 5. The van der Waals surface area contributed by atoms with Crippen LogP contribution in [0.5, 0.6) is 0 Å². The number of amides is 2. The van der Waals surface area contributed by atoms with E-state index in [0.717, 1.165) is 36.1 Å². The summed E-state index contributed by atoms with van der Waals surface area (Å²) >= 11 is 3.38. The molecule has 114 valence electrons. The average Bonchev–Trinajstić information content (AvgIpc) is 3.00. The third-order valence-electron chi connectivity index (χ3n) is 3.50. The van der Waals surface area contributed by atoms with Crippen LogP contribution in [0, 0.1) is 0 Å². The number of nitrogens with one attached hydrogen (secondary N) is 2. The van der Waals surface area contributed by atoms with Crippen molar-refractivity contribution in [2.24, 2.45) is 0 Å². The number of benzene rings is 1. The van der Waals surface area contributed by atoms with Gasteiger partial charge >= 0.3 is 0 Å². The van der Waals surface area contributed by atoms with Gasteiger partial charge in [-0.25, -0.2) is 0 Å². The Hall–Kier alpha value is -1.40. The molecule has 2 N–H and O–H groups in total. The Morgan fingerprint density at radius 1 is 1.29 bits per heavy atom. The molecule has 1 fully saturated rings. The van der Waals surface area contributed by atoms with Crippen molar-refractivity contribution in [3.05, 3.63) is 28.7 Å². The first kappa shape index (κ1) is 16.0. The molecule has 1 saturated heterocycles. The molecule has 6 heteroatoms. The summed E-state index contributed by atoms with van der Waals surface area (Å²) in [5.41, 5.74) is 0.725. The first-order valence-electron chi connectivity index (χ1n) is 7.14. The number of halogens is 1. The van der Waals surface area contributed by atoms with Gasteiger partial charge in [0.15, 0.2) is 0 Å². The minimum absolute atomic E-state index is 0.0705. The van der Waals surface area contributed by atoms with Gasteiger partial charge in [0.1, 0.15) is 0 Å². The number of nitrogens with zero attached hydrogens (tertiary/aromatic N) is 1. The zero-order valence-corrected chi connectivity index (χ0v) is 13.6. The predicted molar refractivity (Wildman–Crippen MR) is 86.1 cm³/mol. The van der Waals surface area contributed by atoms with Crippen LogP contribution >= 0.6 is 15.9 Å². The van der Waals surface area contributed by atoms with Crippen LogP contribution in [0.2, 0.25) is 0 Å². The van der Waals surface area contributed by atoms with E-state index in [2.05, 4.69) is 26.6 Å². The van der Waals surface area contributed by atoms with Gasteiger partial charge in [0.2, 0.25) is 11.8 Å². The minimum atomic E-state index is -0.340. The maximum Gasteiger partial charge on any atom is 0.239 e. The van der Waals surface area contributed by atoms with Crippen LogP contribution in [0.4, 0.5) is 5.69 Å². The van der Waals surface area contributed by atoms with Gasteiger partial charge in [-0.1, -0.05) is 12.1 Å². The van der Waals surface area contributed by atoms with Crippen molar-refractivity contribution in [1.82, 2.24) is 10.2 Å². The fourth-order valence-electron chi connectivity index (χ4n) is 2.30. The maximum atomic E-state index is 12.1. The van der Waals surface area contributed by atoms with E-state index in [-0.39, 0.29) is 24.4 Å². The molecule has 5 nitrogen and oxygen atoms in total. The number of hydrogen-bond acceptors (Lipinski definition) is 3. The van der Waals surface area contributed by atoms with E-state index in [1.165, 1.54) is 0 Å². The molecule has 0 saturated carbocycles. The summed E-state index contributed by atoms with van der Waals surface area (Å²) in [7, 11) is 0. The summed E-state index contributed by atoms with van der Waals surface area (Å²) in [6, 6.07) is 7.08. The monoisotopic (exact) mass is 353 g/mol. The minimum Gasteiger partial charge on any atom is -0.341 e. The molecule has 21 heavy (non-hydrogen) atoms. The highest BCUT2D eigenvalue weighted by Crippen LogP contribution is 2.20. The van der Waals surface area contributed by atoms with E-state index < -0.39 is 0 Å². The first-order valence-corrected chi connectivity index (χ1v) is 7.94. The number of carbonyl (C=O) groups excluding carboxylic acids is 2. The first-order chi connectivity index (χ1) is 10.1. The zero-order chi connectivity index (χ0) is 15.2. The normalized spacial score (nSPS) is 15.8. The number of hydrogen-bond donors (Lipinski definition) is 2. The van der Waals surface area contributed by atoms with Crippen LogP contribution in [0.1, 0.15) is 19.8 Å². The lowest BCUT2D eigenvalue weighted by Gasteiger charge is -2.21. The van der Waals surface area contributed by atoms with Crippen molar-refractivity contribution < 1.29 is 9.59 Å². The van der Waals surface area contributed by atoms with Crippen LogP contribution in [0.3, 0.4) is 0 Å². The molecule has 1 atom stereocenters. The van der Waals surface area contributed by atoms with Crippen molar-refractivity contribution in [3.8, 4) is 0 Å². The molecule has 0 aliphatic carbocycles. The van der Waals surface area contributed by atoms with Gasteiger partial charge in [-0.15, -0.1) is 0 Å². The summed E-state index contributed by atoms with van der Waals surface area (Å²) < 4.78 is 0.833. The fraction of sp³-hybridized carbons (Fsp3) is 0.467. The van der Waals surface area contributed by atoms with Gasteiger partial charge in [0, 0.05) is 17.6 Å². The molecule has 1 aromatic rings. The molecular weight excluding hydrogens is 334 g/mol. The second-order valence-corrected chi connectivity index (χ2v) is 6.02. The third kappa shape index (κ3) is 4.54. The molecule has 0 radical (unpaired) electrons. The highest BCUT2D eigenvalue weighted by Gasteiger charge is 2.23. The number of carbonyl (C=O) groups is 2. The molecule has 0 bridgehead atoms. The molecule has 1 heterocycles. The van der Waals surface area contributed by atoms with Crippen molar-refractivity contribution in [2.75, 3.05) is 25.0 Å².